The Kier molecular flexibility index (Phi) is 5.61. The van der Waals surface area contributed by atoms with Crippen LogP contribution >= 0.6 is 0 Å². The summed E-state index contributed by atoms with van der Waals surface area (Å²) in [5.41, 5.74) is 0.389. The molecule has 1 aromatic rings. The SMILES string of the molecule is COc1ccc(C(=O)N2CCCNCC2)cc1S(=O)(=O)N1CCCC1. The van der Waals surface area contributed by atoms with Gasteiger partial charge in [-0.1, -0.05) is 0 Å². The van der Waals surface area contributed by atoms with Gasteiger partial charge in [-0.05, 0) is 44.0 Å². The van der Waals surface area contributed by atoms with E-state index >= 15 is 0 Å². The van der Waals surface area contributed by atoms with E-state index in [4.69, 9.17) is 4.74 Å². The van der Waals surface area contributed by atoms with E-state index < -0.39 is 10.0 Å². The van der Waals surface area contributed by atoms with Crippen LogP contribution in [-0.2, 0) is 10.0 Å². The van der Waals surface area contributed by atoms with Crippen LogP contribution in [0.5, 0.6) is 5.75 Å². The number of nitrogens with one attached hydrogen (secondary N) is 1. The van der Waals surface area contributed by atoms with E-state index in [-0.39, 0.29) is 16.6 Å². The van der Waals surface area contributed by atoms with Crippen LogP contribution in [0.4, 0.5) is 0 Å². The van der Waals surface area contributed by atoms with Gasteiger partial charge in [0, 0.05) is 38.3 Å². The van der Waals surface area contributed by atoms with Crippen molar-refractivity contribution < 1.29 is 17.9 Å². The lowest BCUT2D eigenvalue weighted by Gasteiger charge is -2.22. The molecular weight excluding hydrogens is 342 g/mol. The standard InChI is InChI=1S/C17H25N3O4S/c1-24-15-6-5-14(17(21)19-9-4-7-18-8-12-19)13-16(15)25(22,23)20-10-2-3-11-20/h5-6,13,18H,2-4,7-12H2,1H3. The third-order valence-corrected chi connectivity index (χ3v) is 6.64. The molecule has 8 heteroatoms. The van der Waals surface area contributed by atoms with Crippen molar-refractivity contribution in [1.82, 2.24) is 14.5 Å². The van der Waals surface area contributed by atoms with Crippen LogP contribution in [0.3, 0.4) is 0 Å². The van der Waals surface area contributed by atoms with Gasteiger partial charge in [-0.3, -0.25) is 4.79 Å². The second-order valence-electron chi connectivity index (χ2n) is 6.37. The number of rotatable bonds is 4. The van der Waals surface area contributed by atoms with Gasteiger partial charge in [-0.15, -0.1) is 0 Å². The molecule has 3 rings (SSSR count). The van der Waals surface area contributed by atoms with Crippen molar-refractivity contribution in [2.45, 2.75) is 24.2 Å². The Hall–Kier alpha value is -1.64. The lowest BCUT2D eigenvalue weighted by atomic mass is 10.2. The maximum Gasteiger partial charge on any atom is 0.253 e. The fourth-order valence-corrected chi connectivity index (χ4v) is 5.01. The topological polar surface area (TPSA) is 79.0 Å². The van der Waals surface area contributed by atoms with Gasteiger partial charge in [0.1, 0.15) is 10.6 Å². The first-order chi connectivity index (χ1) is 12.0. The van der Waals surface area contributed by atoms with E-state index in [9.17, 15) is 13.2 Å². The zero-order valence-electron chi connectivity index (χ0n) is 14.5. The predicted octanol–water partition coefficient (Wildman–Crippen LogP) is 0.915. The minimum Gasteiger partial charge on any atom is -0.495 e. The maximum absolute atomic E-state index is 12.9. The Morgan fingerprint density at radius 3 is 2.56 bits per heavy atom. The van der Waals surface area contributed by atoms with Crippen LogP contribution < -0.4 is 10.1 Å². The summed E-state index contributed by atoms with van der Waals surface area (Å²) in [5.74, 6) is 0.144. The first-order valence-corrected chi connectivity index (χ1v) is 10.2. The molecule has 1 aromatic carbocycles. The average molecular weight is 367 g/mol. The third-order valence-electron chi connectivity index (χ3n) is 4.72. The quantitative estimate of drug-likeness (QED) is 0.856. The normalized spacial score (nSPS) is 19.6. The maximum atomic E-state index is 12.9. The van der Waals surface area contributed by atoms with Gasteiger partial charge < -0.3 is 15.0 Å². The number of amides is 1. The van der Waals surface area contributed by atoms with Crippen molar-refractivity contribution >= 4 is 15.9 Å². The summed E-state index contributed by atoms with van der Waals surface area (Å²) in [4.78, 5) is 14.7. The first kappa shape index (κ1) is 18.2. The molecule has 0 spiro atoms. The fourth-order valence-electron chi connectivity index (χ4n) is 3.31. The van der Waals surface area contributed by atoms with Crippen LogP contribution in [0.15, 0.2) is 23.1 Å². The van der Waals surface area contributed by atoms with Gasteiger partial charge in [-0.2, -0.15) is 4.31 Å². The molecule has 2 saturated heterocycles. The molecule has 0 aromatic heterocycles. The molecule has 138 valence electrons. The highest BCUT2D eigenvalue weighted by molar-refractivity contribution is 7.89. The zero-order valence-corrected chi connectivity index (χ0v) is 15.3. The summed E-state index contributed by atoms with van der Waals surface area (Å²) in [5, 5.41) is 3.26. The molecule has 0 radical (unpaired) electrons. The van der Waals surface area contributed by atoms with Crippen molar-refractivity contribution in [1.29, 1.82) is 0 Å². The molecule has 2 heterocycles. The Labute approximate surface area is 149 Å². The van der Waals surface area contributed by atoms with Gasteiger partial charge in [0.2, 0.25) is 10.0 Å². The molecule has 0 unspecified atom stereocenters. The Bertz CT molecular complexity index is 721. The van der Waals surface area contributed by atoms with E-state index in [0.717, 1.165) is 32.4 Å². The Morgan fingerprint density at radius 1 is 1.08 bits per heavy atom. The Morgan fingerprint density at radius 2 is 1.84 bits per heavy atom. The molecule has 0 atom stereocenters. The largest absolute Gasteiger partial charge is 0.495 e. The van der Waals surface area contributed by atoms with Crippen molar-refractivity contribution in [3.8, 4) is 5.75 Å². The second kappa shape index (κ2) is 7.72. The molecule has 0 saturated carbocycles. The van der Waals surface area contributed by atoms with E-state index in [1.807, 2.05) is 0 Å². The van der Waals surface area contributed by atoms with Gasteiger partial charge in [0.15, 0.2) is 0 Å². The smallest absolute Gasteiger partial charge is 0.253 e. The molecule has 0 bridgehead atoms. The molecule has 1 amide bonds. The summed E-state index contributed by atoms with van der Waals surface area (Å²) in [6, 6.07) is 4.68. The van der Waals surface area contributed by atoms with E-state index in [1.54, 1.807) is 17.0 Å². The predicted molar refractivity (Wildman–Crippen MR) is 94.4 cm³/mol. The average Bonchev–Trinajstić information content (AvgIpc) is 3.04. The molecule has 7 nitrogen and oxygen atoms in total. The third kappa shape index (κ3) is 3.80. The number of nitrogens with zero attached hydrogens (tertiary/aromatic N) is 2. The number of carbonyl (C=O) groups is 1. The minimum atomic E-state index is -3.65. The molecule has 0 aliphatic carbocycles. The summed E-state index contributed by atoms with van der Waals surface area (Å²) in [6.45, 7) is 3.97. The van der Waals surface area contributed by atoms with Crippen molar-refractivity contribution in [3.05, 3.63) is 23.8 Å². The second-order valence-corrected chi connectivity index (χ2v) is 8.28. The van der Waals surface area contributed by atoms with Crippen molar-refractivity contribution in [2.75, 3.05) is 46.4 Å². The monoisotopic (exact) mass is 367 g/mol. The molecule has 2 aliphatic rings. The highest BCUT2D eigenvalue weighted by atomic mass is 32.2. The summed E-state index contributed by atoms with van der Waals surface area (Å²) in [7, 11) is -2.21. The number of benzene rings is 1. The van der Waals surface area contributed by atoms with Gasteiger partial charge in [0.25, 0.3) is 5.91 Å². The lowest BCUT2D eigenvalue weighted by Crippen LogP contribution is -2.34. The number of methoxy groups -OCH3 is 1. The number of sulfonamides is 1. The summed E-state index contributed by atoms with van der Waals surface area (Å²) < 4.78 is 32.6. The van der Waals surface area contributed by atoms with E-state index in [0.29, 0.717) is 31.7 Å². The zero-order chi connectivity index (χ0) is 17.9. The lowest BCUT2D eigenvalue weighted by molar-refractivity contribution is 0.0766. The number of carbonyl (C=O) groups excluding carboxylic acids is 1. The van der Waals surface area contributed by atoms with Gasteiger partial charge in [0.05, 0.1) is 7.11 Å². The molecule has 2 fully saturated rings. The number of hydrogen-bond acceptors (Lipinski definition) is 5. The molecule has 25 heavy (non-hydrogen) atoms. The van der Waals surface area contributed by atoms with Crippen molar-refractivity contribution in [2.24, 2.45) is 0 Å². The van der Waals surface area contributed by atoms with Gasteiger partial charge in [-0.25, -0.2) is 8.42 Å². The minimum absolute atomic E-state index is 0.0793. The number of hydrogen-bond donors (Lipinski definition) is 1. The van der Waals surface area contributed by atoms with Crippen LogP contribution in [-0.4, -0.2) is 69.9 Å². The molecular formula is C17H25N3O4S. The van der Waals surface area contributed by atoms with Crippen LogP contribution in [0.2, 0.25) is 0 Å². The highest BCUT2D eigenvalue weighted by Crippen LogP contribution is 2.30. The summed E-state index contributed by atoms with van der Waals surface area (Å²) >= 11 is 0. The molecule has 2 aliphatic heterocycles. The highest BCUT2D eigenvalue weighted by Gasteiger charge is 2.31. The Balaban J connectivity index is 1.93. The van der Waals surface area contributed by atoms with Crippen LogP contribution in [0.25, 0.3) is 0 Å². The molecule has 1 N–H and O–H groups in total. The number of ether oxygens (including phenoxy) is 1. The summed E-state index contributed by atoms with van der Waals surface area (Å²) in [6.07, 6.45) is 2.61. The first-order valence-electron chi connectivity index (χ1n) is 8.72. The van der Waals surface area contributed by atoms with Crippen molar-refractivity contribution in [3.63, 3.8) is 0 Å². The van der Waals surface area contributed by atoms with E-state index in [1.165, 1.54) is 17.5 Å². The van der Waals surface area contributed by atoms with E-state index in [2.05, 4.69) is 5.32 Å². The van der Waals surface area contributed by atoms with Crippen LogP contribution in [0.1, 0.15) is 29.6 Å². The van der Waals surface area contributed by atoms with Gasteiger partial charge >= 0.3 is 0 Å². The fraction of sp³-hybridized carbons (Fsp3) is 0.588. The van der Waals surface area contributed by atoms with Crippen LogP contribution in [0, 0.1) is 0 Å².